The topological polar surface area (TPSA) is 66.2 Å². The van der Waals surface area contributed by atoms with Crippen LogP contribution in [0.25, 0.3) is 12.2 Å². The Hall–Kier alpha value is 0.0553. The fourth-order valence-corrected chi connectivity index (χ4v) is 6.98. The van der Waals surface area contributed by atoms with Crippen LogP contribution in [-0.2, 0) is 0 Å². The van der Waals surface area contributed by atoms with Crippen molar-refractivity contribution in [1.82, 2.24) is 9.97 Å². The quantitative estimate of drug-likeness (QED) is 0.237. The Morgan fingerprint density at radius 3 is 0.567 bits per heavy atom. The van der Waals surface area contributed by atoms with E-state index >= 15 is 0 Å². The molecule has 0 aromatic carbocycles. The van der Waals surface area contributed by atoms with E-state index < -0.39 is 0 Å². The molecule has 4 saturated carbocycles. The van der Waals surface area contributed by atoms with Gasteiger partial charge in [-0.2, -0.15) is 0 Å². The van der Waals surface area contributed by atoms with Crippen LogP contribution in [0.4, 0.5) is 0 Å². The first-order valence-electron chi connectivity index (χ1n) is 20.4. The molecule has 0 aliphatic heterocycles. The summed E-state index contributed by atoms with van der Waals surface area (Å²) in [5.41, 5.74) is 1.13. The van der Waals surface area contributed by atoms with Gasteiger partial charge >= 0.3 is 0 Å². The molecule has 0 unspecified atom stereocenters. The third-order valence-electron chi connectivity index (χ3n) is 13.5. The van der Waals surface area contributed by atoms with Crippen LogP contribution in [-0.4, -0.2) is 20.2 Å². The summed E-state index contributed by atoms with van der Waals surface area (Å²) in [5, 5.41) is 19.4. The zero-order valence-corrected chi connectivity index (χ0v) is 45.6. The molecule has 4 nitrogen and oxygen atoms in total. The van der Waals surface area contributed by atoms with Crippen molar-refractivity contribution in [3.63, 3.8) is 0 Å². The van der Waals surface area contributed by atoms with Crippen LogP contribution in [0.1, 0.15) is 150 Å². The third-order valence-corrected chi connectivity index (χ3v) is 13.5. The normalized spacial score (nSPS) is 22.7. The fraction of sp³-hybridized carbons (Fsp3) is 0.370. The van der Waals surface area contributed by atoms with Gasteiger partial charge in [0, 0.05) is 105 Å². The molecule has 0 atom stereocenters. The summed E-state index contributed by atoms with van der Waals surface area (Å²) in [4.78, 5) is 8.04. The molecule has 4 aliphatic carbocycles. The van der Waals surface area contributed by atoms with Crippen molar-refractivity contribution in [2.75, 3.05) is 0 Å². The fourth-order valence-electron chi connectivity index (χ4n) is 6.98. The molecule has 2 N–H and O–H groups in total. The van der Waals surface area contributed by atoms with Gasteiger partial charge in [0.05, 0.1) is 11.4 Å². The van der Waals surface area contributed by atoms with Crippen LogP contribution in [0, 0.1) is 199 Å². The summed E-state index contributed by atoms with van der Waals surface area (Å²) < 4.78 is 0. The molecule has 6 heteroatoms. The average Bonchev–Trinajstić information content (AvgIpc) is 3.66. The number of rotatable bonds is 3. The van der Waals surface area contributed by atoms with Gasteiger partial charge in [-0.05, 0) is 143 Å². The van der Waals surface area contributed by atoms with E-state index in [-0.39, 0.29) is 92.3 Å². The third kappa shape index (κ3) is 16.2. The SMILES string of the molecule is C[C]1[C](C)[C](C)[C](C)[C]1C.C[C]1[C](C)[C](C)[C](C)[C]1C.C[C]1[C](C)[C](C)[C](C)[C]1C.C[C]1[C](C)[C](C)[C](C)[C]1C.OC(=C\c1ccccn1)/C(O)=C/c1ccccn1.[Sm].[Sm]. The molecule has 2 heterocycles. The van der Waals surface area contributed by atoms with Gasteiger partial charge in [-0.1, -0.05) is 151 Å². The standard InChI is InChI=1S/C14H12N2O2.4C10H15.2Sm/c17-13(9-11-5-1-3-7-15-11)14(18)10-12-6-2-4-8-16-12;4*1-6-7(2)9(4)10(5)8(6)3;;/h1-10,17-18H;4*1-5H3;;/b13-9-,14-10-;;;;;;. The minimum atomic E-state index is -0.251. The van der Waals surface area contributed by atoms with Crippen LogP contribution in [0.2, 0.25) is 0 Å². The van der Waals surface area contributed by atoms with E-state index in [1.807, 2.05) is 0 Å². The number of aromatic nitrogens is 2. The first-order chi connectivity index (χ1) is 27.0. The Balaban J connectivity index is 0.000000739. The Bertz CT molecular complexity index is 1170. The second kappa shape index (κ2) is 28.2. The molecule has 0 spiro atoms. The molecule has 322 valence electrons. The summed E-state index contributed by atoms with van der Waals surface area (Å²) in [6, 6.07) is 10.6. The van der Waals surface area contributed by atoms with Crippen molar-refractivity contribution in [2.24, 2.45) is 0 Å². The number of hydrogen-bond acceptors (Lipinski definition) is 4. The molecule has 0 saturated heterocycles. The van der Waals surface area contributed by atoms with Gasteiger partial charge < -0.3 is 10.2 Å². The van der Waals surface area contributed by atoms with E-state index in [2.05, 4.69) is 148 Å². The van der Waals surface area contributed by atoms with E-state index in [1.165, 1.54) is 131 Å². The van der Waals surface area contributed by atoms with E-state index in [1.54, 1.807) is 48.8 Å². The Morgan fingerprint density at radius 1 is 0.300 bits per heavy atom. The van der Waals surface area contributed by atoms with Crippen molar-refractivity contribution >= 4 is 12.2 Å². The molecule has 0 bridgehead atoms. The van der Waals surface area contributed by atoms with Crippen LogP contribution in [0.3, 0.4) is 0 Å². The molecular formula is C54H72N2O2Sm2. The number of pyridine rings is 2. The predicted molar refractivity (Wildman–Crippen MR) is 248 cm³/mol. The average molecular weight is 1080 g/mol. The van der Waals surface area contributed by atoms with E-state index in [0.717, 1.165) is 0 Å². The van der Waals surface area contributed by atoms with Crippen molar-refractivity contribution in [3.05, 3.63) is 190 Å². The van der Waals surface area contributed by atoms with Crippen molar-refractivity contribution in [2.45, 2.75) is 138 Å². The van der Waals surface area contributed by atoms with E-state index in [9.17, 15) is 10.2 Å². The number of nitrogens with zero attached hydrogens (tertiary/aromatic N) is 2. The first-order valence-corrected chi connectivity index (χ1v) is 20.4. The Kier molecular flexibility index (Phi) is 28.2. The van der Waals surface area contributed by atoms with Crippen LogP contribution in [0.5, 0.6) is 0 Å². The Labute approximate surface area is 436 Å². The second-order valence-corrected chi connectivity index (χ2v) is 16.1. The van der Waals surface area contributed by atoms with E-state index in [4.69, 9.17) is 0 Å². The first kappa shape index (κ1) is 60.1. The number of aliphatic hydroxyl groups is 2. The van der Waals surface area contributed by atoms with Gasteiger partial charge in [0.2, 0.25) is 0 Å². The molecule has 6 rings (SSSR count). The zero-order valence-electron chi connectivity index (χ0n) is 40.4. The van der Waals surface area contributed by atoms with Gasteiger partial charge in [0.25, 0.3) is 0 Å². The van der Waals surface area contributed by atoms with E-state index in [0.29, 0.717) is 11.4 Å². The second-order valence-electron chi connectivity index (χ2n) is 16.1. The predicted octanol–water partition coefficient (Wildman–Crippen LogP) is 14.9. The maximum absolute atomic E-state index is 9.71. The minimum Gasteiger partial charge on any atom is -0.504 e. The molecule has 4 aliphatic rings. The van der Waals surface area contributed by atoms with Crippen molar-refractivity contribution < 1.29 is 91.0 Å². The molecule has 60 heavy (non-hydrogen) atoms. The van der Waals surface area contributed by atoms with Gasteiger partial charge in [-0.25, -0.2) is 0 Å². The summed E-state index contributed by atoms with van der Waals surface area (Å²) in [6.45, 7) is 44.0. The van der Waals surface area contributed by atoms with Crippen LogP contribution >= 0.6 is 0 Å². The smallest absolute Gasteiger partial charge is 0.159 e. The monoisotopic (exact) mass is 1080 g/mol. The summed E-state index contributed by atoms with van der Waals surface area (Å²) >= 11 is 0. The number of hydrogen-bond donors (Lipinski definition) is 2. The van der Waals surface area contributed by atoms with Crippen LogP contribution in [0.15, 0.2) is 60.3 Å². The molecule has 0 amide bonds. The zero-order chi connectivity index (χ0) is 44.3. The van der Waals surface area contributed by atoms with Crippen molar-refractivity contribution in [1.29, 1.82) is 0 Å². The summed E-state index contributed by atoms with van der Waals surface area (Å²) in [5.74, 6) is 28.9. The van der Waals surface area contributed by atoms with Gasteiger partial charge in [-0.3, -0.25) is 9.97 Å². The van der Waals surface area contributed by atoms with Crippen molar-refractivity contribution in [3.8, 4) is 0 Å². The number of aliphatic hydroxyl groups excluding tert-OH is 2. The minimum absolute atomic E-state index is 0. The molecular weight excluding hydrogens is 1010 g/mol. The van der Waals surface area contributed by atoms with Gasteiger partial charge in [0.1, 0.15) is 0 Å². The molecule has 2 aromatic rings. The molecule has 20 radical (unpaired) electrons. The summed E-state index contributed by atoms with van der Waals surface area (Å²) in [7, 11) is 0. The molecule has 4 fully saturated rings. The van der Waals surface area contributed by atoms with Crippen LogP contribution < -0.4 is 0 Å². The Morgan fingerprint density at radius 2 is 0.450 bits per heavy atom. The largest absolute Gasteiger partial charge is 0.504 e. The summed E-state index contributed by atoms with van der Waals surface area (Å²) in [6.07, 6.45) is 5.99. The van der Waals surface area contributed by atoms with Gasteiger partial charge in [0.15, 0.2) is 11.5 Å². The maximum atomic E-state index is 9.71. The maximum Gasteiger partial charge on any atom is 0.159 e. The molecule has 2 aromatic heterocycles. The van der Waals surface area contributed by atoms with Gasteiger partial charge in [-0.15, -0.1) is 0 Å².